The number of carboxylic acid groups (broad SMARTS) is 1. The number of esters is 1. The van der Waals surface area contributed by atoms with Crippen LogP contribution >= 0.6 is 0 Å². The molecule has 0 aliphatic heterocycles. The quantitative estimate of drug-likeness (QED) is 0.737. The maximum atomic E-state index is 11.4. The van der Waals surface area contributed by atoms with E-state index in [9.17, 15) is 14.7 Å². The van der Waals surface area contributed by atoms with Gasteiger partial charge in [-0.05, 0) is 12.1 Å². The first-order chi connectivity index (χ1) is 8.06. The predicted molar refractivity (Wildman–Crippen MR) is 55.2 cm³/mol. The van der Waals surface area contributed by atoms with Crippen LogP contribution in [0.2, 0.25) is 0 Å². The van der Waals surface area contributed by atoms with Crippen LogP contribution in [0.15, 0.2) is 18.2 Å². The van der Waals surface area contributed by atoms with Gasteiger partial charge >= 0.3 is 11.9 Å². The van der Waals surface area contributed by atoms with E-state index in [-0.39, 0.29) is 17.1 Å². The summed E-state index contributed by atoms with van der Waals surface area (Å²) >= 11 is 0. The number of aromatic carboxylic acids is 1. The standard InChI is InChI=1S/C10H8N2O5/c1-17-10(16)7-5-3-2-4-6(13)12(5)8(11-7)9(14)15/h2-4,13H,1H3,(H,14,15). The van der Waals surface area contributed by atoms with Gasteiger partial charge in [0, 0.05) is 0 Å². The highest BCUT2D eigenvalue weighted by Gasteiger charge is 2.23. The van der Waals surface area contributed by atoms with Crippen molar-refractivity contribution in [2.75, 3.05) is 7.11 Å². The second-order valence-electron chi connectivity index (χ2n) is 3.19. The molecule has 2 aromatic rings. The Hall–Kier alpha value is -2.57. The molecule has 0 aromatic carbocycles. The van der Waals surface area contributed by atoms with Crippen LogP contribution in [0.5, 0.6) is 5.88 Å². The molecular formula is C10H8N2O5. The molecule has 88 valence electrons. The van der Waals surface area contributed by atoms with Crippen molar-refractivity contribution >= 4 is 17.5 Å². The van der Waals surface area contributed by atoms with Crippen molar-refractivity contribution < 1.29 is 24.5 Å². The lowest BCUT2D eigenvalue weighted by Gasteiger charge is -1.99. The largest absolute Gasteiger partial charge is 0.494 e. The number of pyridine rings is 1. The Morgan fingerprint density at radius 2 is 2.12 bits per heavy atom. The zero-order chi connectivity index (χ0) is 12.6. The number of aromatic nitrogens is 2. The Morgan fingerprint density at radius 1 is 1.41 bits per heavy atom. The Balaban J connectivity index is 2.85. The van der Waals surface area contributed by atoms with Crippen LogP contribution < -0.4 is 0 Å². The summed E-state index contributed by atoms with van der Waals surface area (Å²) in [5.41, 5.74) is 0.0232. The zero-order valence-electron chi connectivity index (χ0n) is 8.75. The third-order valence-electron chi connectivity index (χ3n) is 2.21. The molecule has 0 atom stereocenters. The maximum Gasteiger partial charge on any atom is 0.372 e. The van der Waals surface area contributed by atoms with Crippen LogP contribution in [0.4, 0.5) is 0 Å². The molecule has 0 unspecified atom stereocenters. The normalized spacial score (nSPS) is 10.4. The van der Waals surface area contributed by atoms with E-state index < -0.39 is 17.8 Å². The highest BCUT2D eigenvalue weighted by Crippen LogP contribution is 2.20. The maximum absolute atomic E-state index is 11.4. The molecule has 0 bridgehead atoms. The van der Waals surface area contributed by atoms with Gasteiger partial charge in [-0.25, -0.2) is 14.6 Å². The summed E-state index contributed by atoms with van der Waals surface area (Å²) in [6.07, 6.45) is 0. The first-order valence-corrected chi connectivity index (χ1v) is 4.58. The highest BCUT2D eigenvalue weighted by atomic mass is 16.5. The van der Waals surface area contributed by atoms with Crippen molar-refractivity contribution in [3.05, 3.63) is 29.7 Å². The fraction of sp³-hybridized carbons (Fsp3) is 0.100. The van der Waals surface area contributed by atoms with Crippen LogP contribution in [0, 0.1) is 0 Å². The topological polar surface area (TPSA) is 101 Å². The molecule has 0 aliphatic rings. The Bertz CT molecular complexity index is 616. The van der Waals surface area contributed by atoms with E-state index in [0.29, 0.717) is 0 Å². The van der Waals surface area contributed by atoms with E-state index in [1.54, 1.807) is 0 Å². The lowest BCUT2D eigenvalue weighted by Crippen LogP contribution is -2.04. The lowest BCUT2D eigenvalue weighted by molar-refractivity contribution is 0.0597. The first-order valence-electron chi connectivity index (χ1n) is 4.58. The van der Waals surface area contributed by atoms with Gasteiger partial charge in [0.15, 0.2) is 11.6 Å². The summed E-state index contributed by atoms with van der Waals surface area (Å²) in [7, 11) is 1.16. The molecule has 0 spiro atoms. The molecule has 2 N–H and O–H groups in total. The van der Waals surface area contributed by atoms with Crippen molar-refractivity contribution in [2.24, 2.45) is 0 Å². The molecule has 0 fully saturated rings. The van der Waals surface area contributed by atoms with Crippen LogP contribution in [-0.2, 0) is 4.74 Å². The molecule has 2 heterocycles. The van der Waals surface area contributed by atoms with Crippen LogP contribution in [0.25, 0.3) is 5.52 Å². The molecule has 0 amide bonds. The average Bonchev–Trinajstić information content (AvgIpc) is 2.69. The minimum absolute atomic E-state index is 0.152. The number of hydrogen-bond acceptors (Lipinski definition) is 5. The third-order valence-corrected chi connectivity index (χ3v) is 2.21. The number of ether oxygens (including phenoxy) is 1. The number of hydrogen-bond donors (Lipinski definition) is 2. The van der Waals surface area contributed by atoms with Crippen molar-refractivity contribution in [2.45, 2.75) is 0 Å². The van der Waals surface area contributed by atoms with Crippen LogP contribution in [0.3, 0.4) is 0 Å². The Labute approximate surface area is 94.9 Å². The molecule has 0 saturated carbocycles. The van der Waals surface area contributed by atoms with E-state index in [2.05, 4.69) is 9.72 Å². The molecule has 7 nitrogen and oxygen atoms in total. The fourth-order valence-corrected chi connectivity index (χ4v) is 1.51. The number of methoxy groups -OCH3 is 1. The van der Waals surface area contributed by atoms with E-state index in [1.165, 1.54) is 18.2 Å². The number of carboxylic acids is 1. The van der Waals surface area contributed by atoms with E-state index >= 15 is 0 Å². The number of fused-ring (bicyclic) bond motifs is 1. The third kappa shape index (κ3) is 1.57. The number of carbonyl (C=O) groups is 2. The molecule has 17 heavy (non-hydrogen) atoms. The summed E-state index contributed by atoms with van der Waals surface area (Å²) in [4.78, 5) is 26.0. The second-order valence-corrected chi connectivity index (χ2v) is 3.19. The Kier molecular flexibility index (Phi) is 2.43. The smallest absolute Gasteiger partial charge is 0.372 e. The van der Waals surface area contributed by atoms with Gasteiger partial charge in [-0.1, -0.05) is 6.07 Å². The molecule has 0 aliphatic carbocycles. The van der Waals surface area contributed by atoms with Gasteiger partial charge in [-0.15, -0.1) is 0 Å². The van der Waals surface area contributed by atoms with E-state index in [1.807, 2.05) is 0 Å². The van der Waals surface area contributed by atoms with Crippen molar-refractivity contribution in [3.8, 4) is 5.88 Å². The van der Waals surface area contributed by atoms with Crippen molar-refractivity contribution in [3.63, 3.8) is 0 Å². The van der Waals surface area contributed by atoms with E-state index in [0.717, 1.165) is 11.5 Å². The molecule has 0 radical (unpaired) electrons. The van der Waals surface area contributed by atoms with Gasteiger partial charge in [0.05, 0.1) is 12.6 Å². The lowest BCUT2D eigenvalue weighted by atomic mass is 10.3. The molecule has 2 rings (SSSR count). The monoisotopic (exact) mass is 236 g/mol. The minimum Gasteiger partial charge on any atom is -0.494 e. The molecular weight excluding hydrogens is 228 g/mol. The number of rotatable bonds is 2. The van der Waals surface area contributed by atoms with Gasteiger partial charge in [-0.2, -0.15) is 0 Å². The van der Waals surface area contributed by atoms with Crippen LogP contribution in [0.1, 0.15) is 21.1 Å². The van der Waals surface area contributed by atoms with Gasteiger partial charge in [0.1, 0.15) is 0 Å². The van der Waals surface area contributed by atoms with Gasteiger partial charge in [0.25, 0.3) is 0 Å². The number of imidazole rings is 1. The molecule has 2 aromatic heterocycles. The number of nitrogens with zero attached hydrogens (tertiary/aromatic N) is 2. The number of carbonyl (C=O) groups excluding carboxylic acids is 1. The summed E-state index contributed by atoms with van der Waals surface area (Å²) in [6.45, 7) is 0. The minimum atomic E-state index is -1.35. The van der Waals surface area contributed by atoms with Gasteiger partial charge < -0.3 is 14.9 Å². The predicted octanol–water partition coefficient (Wildman–Crippen LogP) is 0.525. The van der Waals surface area contributed by atoms with E-state index in [4.69, 9.17) is 5.11 Å². The van der Waals surface area contributed by atoms with Gasteiger partial charge in [0.2, 0.25) is 5.82 Å². The van der Waals surface area contributed by atoms with Crippen molar-refractivity contribution in [1.29, 1.82) is 0 Å². The van der Waals surface area contributed by atoms with Crippen LogP contribution in [-0.4, -0.2) is 38.6 Å². The summed E-state index contributed by atoms with van der Waals surface area (Å²) in [5.74, 6) is -2.88. The molecule has 7 heteroatoms. The SMILES string of the molecule is COC(=O)c1nc(C(=O)O)n2c(O)cccc12. The Morgan fingerprint density at radius 3 is 2.71 bits per heavy atom. The van der Waals surface area contributed by atoms with Gasteiger partial charge in [-0.3, -0.25) is 4.40 Å². The summed E-state index contributed by atoms with van der Waals surface area (Å²) < 4.78 is 5.45. The average molecular weight is 236 g/mol. The zero-order valence-corrected chi connectivity index (χ0v) is 8.75. The fourth-order valence-electron chi connectivity index (χ4n) is 1.51. The van der Waals surface area contributed by atoms with Crippen molar-refractivity contribution in [1.82, 2.24) is 9.38 Å². The second kappa shape index (κ2) is 3.78. The summed E-state index contributed by atoms with van der Waals surface area (Å²) in [5, 5.41) is 18.5. The molecule has 0 saturated heterocycles. The first kappa shape index (κ1) is 10.9. The summed E-state index contributed by atoms with van der Waals surface area (Å²) in [6, 6.07) is 4.23. The number of aromatic hydroxyl groups is 1. The highest BCUT2D eigenvalue weighted by molar-refractivity contribution is 5.98.